The van der Waals surface area contributed by atoms with Crippen molar-refractivity contribution in [1.29, 1.82) is 0 Å². The topological polar surface area (TPSA) is 88.7 Å². The summed E-state index contributed by atoms with van der Waals surface area (Å²) in [6.45, 7) is 0.0676. The number of para-hydroxylation sites is 1. The summed E-state index contributed by atoms with van der Waals surface area (Å²) in [5.74, 6) is -0.0203. The van der Waals surface area contributed by atoms with Crippen LogP contribution in [0.25, 0.3) is 10.9 Å². The summed E-state index contributed by atoms with van der Waals surface area (Å²) in [7, 11) is -1.13. The molecule has 0 amide bonds. The van der Waals surface area contributed by atoms with Crippen LogP contribution >= 0.6 is 0 Å². The van der Waals surface area contributed by atoms with Crippen molar-refractivity contribution in [2.45, 2.75) is 23.9 Å². The maximum atomic E-state index is 13.3. The van der Waals surface area contributed by atoms with Crippen LogP contribution < -0.4 is 4.74 Å². The molecule has 4 rings (SSSR count). The predicted octanol–water partition coefficient (Wildman–Crippen LogP) is 2.47. The number of carbonyl (C=O) groups is 1. The van der Waals surface area contributed by atoms with Crippen LogP contribution in [0.1, 0.15) is 11.3 Å². The smallest absolute Gasteiger partial charge is 0.324 e. The molecule has 1 unspecified atom stereocenters. The lowest BCUT2D eigenvalue weighted by atomic mass is 9.98. The summed E-state index contributed by atoms with van der Waals surface area (Å²) in [4.78, 5) is 15.9. The molecule has 2 heterocycles. The third-order valence-corrected chi connectivity index (χ3v) is 6.97. The van der Waals surface area contributed by atoms with E-state index in [0.717, 1.165) is 22.2 Å². The van der Waals surface area contributed by atoms with Crippen molar-refractivity contribution in [2.24, 2.45) is 0 Å². The molecule has 1 aromatic heterocycles. The molecule has 146 valence electrons. The van der Waals surface area contributed by atoms with E-state index >= 15 is 0 Å². The molecule has 1 aliphatic rings. The summed E-state index contributed by atoms with van der Waals surface area (Å²) >= 11 is 0. The van der Waals surface area contributed by atoms with Crippen molar-refractivity contribution in [3.05, 3.63) is 59.8 Å². The number of benzene rings is 2. The van der Waals surface area contributed by atoms with E-state index in [1.165, 1.54) is 30.7 Å². The molecule has 0 spiro atoms. The van der Waals surface area contributed by atoms with Gasteiger partial charge in [0.05, 0.1) is 25.7 Å². The normalized spacial score (nSPS) is 17.3. The van der Waals surface area contributed by atoms with Gasteiger partial charge in [-0.1, -0.05) is 18.2 Å². The van der Waals surface area contributed by atoms with Gasteiger partial charge in [-0.25, -0.2) is 8.42 Å². The number of nitrogens with one attached hydrogen (secondary N) is 1. The highest BCUT2D eigenvalue weighted by Gasteiger charge is 2.41. The second-order valence-corrected chi connectivity index (χ2v) is 8.49. The molecule has 0 fully saturated rings. The lowest BCUT2D eigenvalue weighted by Crippen LogP contribution is -2.48. The second kappa shape index (κ2) is 6.96. The number of fused-ring (bicyclic) bond motifs is 3. The predicted molar refractivity (Wildman–Crippen MR) is 104 cm³/mol. The molecule has 0 saturated carbocycles. The Balaban J connectivity index is 1.80. The van der Waals surface area contributed by atoms with Crippen LogP contribution in [-0.4, -0.2) is 43.9 Å². The van der Waals surface area contributed by atoms with Crippen LogP contribution in [0.2, 0.25) is 0 Å². The molecule has 28 heavy (non-hydrogen) atoms. The first-order chi connectivity index (χ1) is 13.5. The van der Waals surface area contributed by atoms with Crippen molar-refractivity contribution in [3.8, 4) is 5.75 Å². The van der Waals surface area contributed by atoms with Crippen molar-refractivity contribution < 1.29 is 22.7 Å². The molecule has 1 N–H and O–H groups in total. The highest BCUT2D eigenvalue weighted by Crippen LogP contribution is 2.34. The van der Waals surface area contributed by atoms with E-state index in [-0.39, 0.29) is 17.9 Å². The third-order valence-electron chi connectivity index (χ3n) is 5.10. The standard InChI is InChI=1S/C20H20N2O5S/c1-26-13-7-9-14(10-8-13)28(24,25)22-12-18-16(11-19(22)20(23)27-2)15-5-3-4-6-17(15)21-18/h3-10,19,21H,11-12H2,1-2H3. The Labute approximate surface area is 162 Å². The number of methoxy groups -OCH3 is 2. The van der Waals surface area contributed by atoms with Crippen LogP contribution in [0, 0.1) is 0 Å². The molecule has 0 aliphatic carbocycles. The first-order valence-electron chi connectivity index (χ1n) is 8.78. The number of sulfonamides is 1. The van der Waals surface area contributed by atoms with Gasteiger partial charge in [-0.05, 0) is 35.9 Å². The fourth-order valence-electron chi connectivity index (χ4n) is 3.66. The highest BCUT2D eigenvalue weighted by atomic mass is 32.2. The summed E-state index contributed by atoms with van der Waals surface area (Å²) in [5.41, 5.74) is 2.66. The zero-order valence-electron chi connectivity index (χ0n) is 15.5. The van der Waals surface area contributed by atoms with Crippen LogP contribution in [0.15, 0.2) is 53.4 Å². The molecule has 2 aromatic carbocycles. The Morgan fingerprint density at radius 1 is 1.11 bits per heavy atom. The van der Waals surface area contributed by atoms with Gasteiger partial charge in [0.1, 0.15) is 11.8 Å². The Morgan fingerprint density at radius 2 is 1.82 bits per heavy atom. The Bertz CT molecular complexity index is 1140. The molecule has 0 saturated heterocycles. The molecule has 1 aliphatic heterocycles. The van der Waals surface area contributed by atoms with Crippen molar-refractivity contribution in [2.75, 3.05) is 14.2 Å². The average Bonchev–Trinajstić information content (AvgIpc) is 3.10. The number of esters is 1. The zero-order chi connectivity index (χ0) is 19.9. The van der Waals surface area contributed by atoms with Gasteiger partial charge in [0.15, 0.2) is 0 Å². The number of hydrogen-bond acceptors (Lipinski definition) is 5. The van der Waals surface area contributed by atoms with Crippen LogP contribution in [0.4, 0.5) is 0 Å². The number of nitrogens with zero attached hydrogens (tertiary/aromatic N) is 1. The second-order valence-electron chi connectivity index (χ2n) is 6.60. The molecule has 1 atom stereocenters. The lowest BCUT2D eigenvalue weighted by Gasteiger charge is -2.32. The van der Waals surface area contributed by atoms with E-state index in [1.807, 2.05) is 24.3 Å². The van der Waals surface area contributed by atoms with E-state index < -0.39 is 22.0 Å². The van der Waals surface area contributed by atoms with E-state index in [9.17, 15) is 13.2 Å². The van der Waals surface area contributed by atoms with Crippen LogP contribution in [0.5, 0.6) is 5.75 Å². The SMILES string of the molecule is COC(=O)C1Cc2c([nH]c3ccccc23)CN1S(=O)(=O)c1ccc(OC)cc1. The number of carbonyl (C=O) groups excluding carboxylic acids is 1. The lowest BCUT2D eigenvalue weighted by molar-refractivity contribution is -0.145. The fraction of sp³-hybridized carbons (Fsp3) is 0.250. The fourth-order valence-corrected chi connectivity index (χ4v) is 5.20. The molecular weight excluding hydrogens is 380 g/mol. The van der Waals surface area contributed by atoms with Gasteiger partial charge in [-0.15, -0.1) is 0 Å². The van der Waals surface area contributed by atoms with Gasteiger partial charge < -0.3 is 14.5 Å². The van der Waals surface area contributed by atoms with E-state index in [0.29, 0.717) is 5.75 Å². The summed E-state index contributed by atoms with van der Waals surface area (Å²) in [6.07, 6.45) is 0.251. The van der Waals surface area contributed by atoms with Gasteiger partial charge in [-0.2, -0.15) is 4.31 Å². The van der Waals surface area contributed by atoms with E-state index in [2.05, 4.69) is 4.98 Å². The largest absolute Gasteiger partial charge is 0.497 e. The highest BCUT2D eigenvalue weighted by molar-refractivity contribution is 7.89. The number of rotatable bonds is 4. The van der Waals surface area contributed by atoms with Gasteiger partial charge in [-0.3, -0.25) is 4.79 Å². The van der Waals surface area contributed by atoms with Crippen molar-refractivity contribution in [1.82, 2.24) is 9.29 Å². The monoisotopic (exact) mass is 400 g/mol. The molecule has 0 radical (unpaired) electrons. The van der Waals surface area contributed by atoms with Gasteiger partial charge >= 0.3 is 5.97 Å². The Hall–Kier alpha value is -2.84. The Kier molecular flexibility index (Phi) is 4.60. The van der Waals surface area contributed by atoms with Gasteiger partial charge in [0.25, 0.3) is 0 Å². The quantitative estimate of drug-likeness (QED) is 0.680. The minimum absolute atomic E-state index is 0.0676. The van der Waals surface area contributed by atoms with Crippen LogP contribution in [-0.2, 0) is 32.5 Å². The summed E-state index contributed by atoms with van der Waals surface area (Å²) < 4.78 is 37.8. The molecule has 8 heteroatoms. The molecule has 7 nitrogen and oxygen atoms in total. The van der Waals surface area contributed by atoms with Gasteiger partial charge in [0.2, 0.25) is 10.0 Å². The first kappa shape index (κ1) is 18.5. The maximum Gasteiger partial charge on any atom is 0.324 e. The van der Waals surface area contributed by atoms with Crippen LogP contribution in [0.3, 0.4) is 0 Å². The van der Waals surface area contributed by atoms with E-state index in [4.69, 9.17) is 9.47 Å². The number of aromatic nitrogens is 1. The Morgan fingerprint density at radius 3 is 2.50 bits per heavy atom. The number of ether oxygens (including phenoxy) is 2. The first-order valence-corrected chi connectivity index (χ1v) is 10.2. The number of H-pyrrole nitrogens is 1. The minimum atomic E-state index is -3.91. The molecule has 3 aromatic rings. The average molecular weight is 400 g/mol. The summed E-state index contributed by atoms with van der Waals surface area (Å²) in [6, 6.07) is 12.9. The van der Waals surface area contributed by atoms with Crippen molar-refractivity contribution in [3.63, 3.8) is 0 Å². The molecule has 0 bridgehead atoms. The summed E-state index contributed by atoms with van der Waals surface area (Å²) in [5, 5.41) is 0.993. The third kappa shape index (κ3) is 2.94. The number of aromatic amines is 1. The maximum absolute atomic E-state index is 13.3. The van der Waals surface area contributed by atoms with E-state index in [1.54, 1.807) is 12.1 Å². The van der Waals surface area contributed by atoms with Crippen molar-refractivity contribution >= 4 is 26.9 Å². The minimum Gasteiger partial charge on any atom is -0.497 e. The number of hydrogen-bond donors (Lipinski definition) is 1. The molecular formula is C20H20N2O5S. The zero-order valence-corrected chi connectivity index (χ0v) is 16.3. The van der Waals surface area contributed by atoms with Gasteiger partial charge in [0, 0.05) is 23.0 Å².